The summed E-state index contributed by atoms with van der Waals surface area (Å²) in [6.45, 7) is 15.9. The summed E-state index contributed by atoms with van der Waals surface area (Å²) >= 11 is -4.19. The number of hydrogen-bond acceptors (Lipinski definition) is 1. The molecule has 1 fully saturated rings. The van der Waals surface area contributed by atoms with Gasteiger partial charge in [0.05, 0.1) is 0 Å². The molecule has 0 radical (unpaired) electrons. The van der Waals surface area contributed by atoms with Crippen LogP contribution in [0.25, 0.3) is 0 Å². The molecule has 0 unspecified atom stereocenters. The second kappa shape index (κ2) is 12.6. The van der Waals surface area contributed by atoms with Gasteiger partial charge in [-0.3, -0.25) is 0 Å². The van der Waals surface area contributed by atoms with E-state index in [4.69, 9.17) is 4.74 Å². The fourth-order valence-electron chi connectivity index (χ4n) is 7.03. The van der Waals surface area contributed by atoms with Crippen molar-refractivity contribution in [2.75, 3.05) is 6.61 Å². The first kappa shape index (κ1) is 25.1. The van der Waals surface area contributed by atoms with Crippen molar-refractivity contribution in [3.05, 3.63) is 0 Å². The molecular formula is C23H50Ge2O. The van der Waals surface area contributed by atoms with Gasteiger partial charge in [-0.05, 0) is 0 Å². The van der Waals surface area contributed by atoms with Crippen LogP contribution in [-0.4, -0.2) is 36.4 Å². The molecule has 26 heavy (non-hydrogen) atoms. The zero-order valence-electron chi connectivity index (χ0n) is 19.2. The molecule has 1 heterocycles. The van der Waals surface area contributed by atoms with Crippen LogP contribution in [0.3, 0.4) is 0 Å². The van der Waals surface area contributed by atoms with Gasteiger partial charge in [-0.1, -0.05) is 0 Å². The van der Waals surface area contributed by atoms with Gasteiger partial charge in [0.1, 0.15) is 0 Å². The molecule has 0 aromatic carbocycles. The van der Waals surface area contributed by atoms with E-state index in [1.807, 2.05) is 0 Å². The van der Waals surface area contributed by atoms with Crippen LogP contribution < -0.4 is 0 Å². The standard InChI is InChI=1S/C23H50Ge2O/c1-7-16-24(17-8-2,18-9-3)23(15-13-14-22-26-23)25(19-10-4,20-11-5)21-12-6/h7-22H2,1-6H3. The molecule has 0 aromatic rings. The van der Waals surface area contributed by atoms with Crippen molar-refractivity contribution in [1.29, 1.82) is 0 Å². The van der Waals surface area contributed by atoms with E-state index in [-0.39, 0.29) is 0 Å². The molecule has 0 atom stereocenters. The normalized spacial score (nSPS) is 18.2. The number of rotatable bonds is 14. The monoisotopic (exact) mass is 490 g/mol. The minimum atomic E-state index is -2.09. The molecule has 156 valence electrons. The molecule has 1 saturated heterocycles. The van der Waals surface area contributed by atoms with Crippen LogP contribution >= 0.6 is 0 Å². The molecule has 0 bridgehead atoms. The molecule has 0 amide bonds. The first-order chi connectivity index (χ1) is 12.6. The topological polar surface area (TPSA) is 9.23 Å². The summed E-state index contributed by atoms with van der Waals surface area (Å²) < 4.78 is 7.77. The zero-order valence-corrected chi connectivity index (χ0v) is 23.4. The summed E-state index contributed by atoms with van der Waals surface area (Å²) in [4.78, 5) is 0. The summed E-state index contributed by atoms with van der Waals surface area (Å²) in [6.07, 6.45) is 12.7. The average molecular weight is 488 g/mol. The third-order valence-corrected chi connectivity index (χ3v) is 46.1. The summed E-state index contributed by atoms with van der Waals surface area (Å²) in [5.74, 6) is 0. The van der Waals surface area contributed by atoms with Crippen LogP contribution in [0, 0.1) is 0 Å². The van der Waals surface area contributed by atoms with Gasteiger partial charge >= 0.3 is 172 Å². The molecule has 0 aliphatic carbocycles. The van der Waals surface area contributed by atoms with Gasteiger partial charge in [-0.25, -0.2) is 0 Å². The Morgan fingerprint density at radius 3 is 1.15 bits per heavy atom. The Balaban J connectivity index is 3.60. The van der Waals surface area contributed by atoms with Crippen molar-refractivity contribution in [3.8, 4) is 0 Å². The SMILES string of the molecule is CC[CH2][Ge]([CH2]CC)([CH2]CC)[C]1([Ge]([CH2]CC)([CH2]CC)[CH2]CC)CCCCO1. The van der Waals surface area contributed by atoms with Crippen molar-refractivity contribution in [2.24, 2.45) is 0 Å². The van der Waals surface area contributed by atoms with Gasteiger partial charge in [-0.15, -0.1) is 0 Å². The molecule has 1 nitrogen and oxygen atoms in total. The Labute approximate surface area is 171 Å². The molecule has 0 spiro atoms. The van der Waals surface area contributed by atoms with Crippen molar-refractivity contribution in [2.45, 2.75) is 134 Å². The van der Waals surface area contributed by atoms with Crippen LogP contribution in [-0.2, 0) is 4.74 Å². The van der Waals surface area contributed by atoms with Gasteiger partial charge < -0.3 is 0 Å². The number of hydrogen-bond donors (Lipinski definition) is 0. The molecule has 1 aliphatic rings. The first-order valence-corrected chi connectivity index (χ1v) is 23.2. The van der Waals surface area contributed by atoms with Crippen LogP contribution in [0.1, 0.15) is 99.3 Å². The maximum absolute atomic E-state index is 7.28. The Morgan fingerprint density at radius 2 is 0.923 bits per heavy atom. The fraction of sp³-hybridized carbons (Fsp3) is 1.00. The Bertz CT molecular complexity index is 301. The van der Waals surface area contributed by atoms with E-state index in [9.17, 15) is 0 Å². The zero-order chi connectivity index (χ0) is 19.5. The predicted molar refractivity (Wildman–Crippen MR) is 125 cm³/mol. The molecule has 0 N–H and O–H groups in total. The second-order valence-electron chi connectivity index (χ2n) is 9.19. The Hall–Kier alpha value is 1.05. The van der Waals surface area contributed by atoms with Gasteiger partial charge in [0.15, 0.2) is 0 Å². The molecule has 0 saturated carbocycles. The Kier molecular flexibility index (Phi) is 12.1. The van der Waals surface area contributed by atoms with Crippen LogP contribution in [0.2, 0.25) is 31.5 Å². The van der Waals surface area contributed by atoms with E-state index in [0.29, 0.717) is 3.27 Å². The van der Waals surface area contributed by atoms with E-state index in [0.717, 1.165) is 6.61 Å². The Morgan fingerprint density at radius 1 is 0.577 bits per heavy atom. The van der Waals surface area contributed by atoms with Gasteiger partial charge in [0.2, 0.25) is 0 Å². The van der Waals surface area contributed by atoms with E-state index in [2.05, 4.69) is 41.5 Å². The third-order valence-electron chi connectivity index (χ3n) is 7.36. The van der Waals surface area contributed by atoms with Gasteiger partial charge in [-0.2, -0.15) is 0 Å². The van der Waals surface area contributed by atoms with Crippen LogP contribution in [0.15, 0.2) is 0 Å². The maximum atomic E-state index is 7.28. The molecule has 1 aliphatic heterocycles. The van der Waals surface area contributed by atoms with Gasteiger partial charge in [0, 0.05) is 0 Å². The average Bonchev–Trinajstić information content (AvgIpc) is 2.63. The van der Waals surface area contributed by atoms with Crippen LogP contribution in [0.4, 0.5) is 0 Å². The summed E-state index contributed by atoms with van der Waals surface area (Å²) in [5, 5.41) is 9.53. The van der Waals surface area contributed by atoms with E-state index >= 15 is 0 Å². The minimum absolute atomic E-state index is 0.488. The second-order valence-corrected chi connectivity index (χ2v) is 31.8. The molecule has 3 heteroatoms. The van der Waals surface area contributed by atoms with Crippen molar-refractivity contribution in [3.63, 3.8) is 0 Å². The predicted octanol–water partition coefficient (Wildman–Crippen LogP) is 8.36. The first-order valence-electron chi connectivity index (χ1n) is 12.2. The quantitative estimate of drug-likeness (QED) is 0.224. The van der Waals surface area contributed by atoms with Crippen molar-refractivity contribution >= 4 is 26.5 Å². The van der Waals surface area contributed by atoms with E-state index in [1.165, 1.54) is 57.8 Å². The molecular weight excluding hydrogens is 437 g/mol. The van der Waals surface area contributed by atoms with Crippen molar-refractivity contribution in [1.82, 2.24) is 0 Å². The van der Waals surface area contributed by atoms with E-state index in [1.54, 1.807) is 31.5 Å². The van der Waals surface area contributed by atoms with Crippen molar-refractivity contribution < 1.29 is 4.74 Å². The molecule has 0 aromatic heterocycles. The summed E-state index contributed by atoms with van der Waals surface area (Å²) in [5.41, 5.74) is 0. The van der Waals surface area contributed by atoms with Crippen LogP contribution in [0.5, 0.6) is 0 Å². The summed E-state index contributed by atoms with van der Waals surface area (Å²) in [6, 6.07) is 0. The molecule has 1 rings (SSSR count). The fourth-order valence-corrected chi connectivity index (χ4v) is 54.8. The van der Waals surface area contributed by atoms with E-state index < -0.39 is 26.5 Å². The van der Waals surface area contributed by atoms with Gasteiger partial charge in [0.25, 0.3) is 0 Å². The third kappa shape index (κ3) is 5.15. The number of ether oxygens (including phenoxy) is 1. The summed E-state index contributed by atoms with van der Waals surface area (Å²) in [7, 11) is 0.